The lowest BCUT2D eigenvalue weighted by Gasteiger charge is -2.33. The molecule has 1 saturated carbocycles. The second-order valence-corrected chi connectivity index (χ2v) is 10.8. The number of aromatic nitrogens is 5. The van der Waals surface area contributed by atoms with Crippen LogP contribution in [0, 0.1) is 5.92 Å². The average Bonchev–Trinajstić information content (AvgIpc) is 3.43. The minimum Gasteiger partial charge on any atom is -0.376 e. The topological polar surface area (TPSA) is 69.6 Å². The number of fused-ring (bicyclic) bond motifs is 1. The maximum absolute atomic E-state index is 14.2. The minimum absolute atomic E-state index is 0.00552. The van der Waals surface area contributed by atoms with Gasteiger partial charge in [-0.3, -0.25) is 13.9 Å². The number of imidazole rings is 1. The molecule has 2 atom stereocenters. The number of alkyl halides is 3. The van der Waals surface area contributed by atoms with Crippen molar-refractivity contribution in [1.29, 1.82) is 0 Å². The molecule has 4 heterocycles. The van der Waals surface area contributed by atoms with Gasteiger partial charge in [0.05, 0.1) is 29.5 Å². The van der Waals surface area contributed by atoms with E-state index in [-0.39, 0.29) is 17.5 Å². The van der Waals surface area contributed by atoms with Crippen LogP contribution in [0.3, 0.4) is 0 Å². The molecule has 0 spiro atoms. The van der Waals surface area contributed by atoms with Gasteiger partial charge < -0.3 is 9.30 Å². The largest absolute Gasteiger partial charge is 0.418 e. The molecule has 1 aliphatic carbocycles. The second-order valence-electron chi connectivity index (χ2n) is 10.8. The van der Waals surface area contributed by atoms with Gasteiger partial charge in [-0.1, -0.05) is 18.6 Å². The van der Waals surface area contributed by atoms with Crippen molar-refractivity contribution in [3.63, 3.8) is 0 Å². The van der Waals surface area contributed by atoms with Crippen LogP contribution < -0.4 is 5.69 Å². The van der Waals surface area contributed by atoms with Gasteiger partial charge in [-0.2, -0.15) is 13.2 Å². The summed E-state index contributed by atoms with van der Waals surface area (Å²) in [6.45, 7) is 4.02. The number of pyridine rings is 1. The monoisotopic (exact) mass is 540 g/mol. The third kappa shape index (κ3) is 4.89. The molecular formula is C28H31F3N6O2. The lowest BCUT2D eigenvalue weighted by atomic mass is 9.72. The summed E-state index contributed by atoms with van der Waals surface area (Å²) in [5.41, 5.74) is 0.395. The summed E-state index contributed by atoms with van der Waals surface area (Å²) < 4.78 is 52.5. The van der Waals surface area contributed by atoms with Gasteiger partial charge in [-0.25, -0.2) is 4.79 Å². The smallest absolute Gasteiger partial charge is 0.376 e. The van der Waals surface area contributed by atoms with Crippen molar-refractivity contribution >= 4 is 5.52 Å². The summed E-state index contributed by atoms with van der Waals surface area (Å²) in [7, 11) is 1.91. The van der Waals surface area contributed by atoms with Crippen molar-refractivity contribution in [2.45, 2.75) is 50.9 Å². The van der Waals surface area contributed by atoms with E-state index < -0.39 is 17.4 Å². The van der Waals surface area contributed by atoms with E-state index >= 15 is 0 Å². The number of benzene rings is 1. The van der Waals surface area contributed by atoms with Crippen LogP contribution in [0.1, 0.15) is 54.6 Å². The van der Waals surface area contributed by atoms with Crippen molar-refractivity contribution in [3.05, 3.63) is 82.1 Å². The fourth-order valence-electron chi connectivity index (χ4n) is 5.88. The van der Waals surface area contributed by atoms with Crippen LogP contribution in [0.15, 0.2) is 53.8 Å². The number of hydrogen-bond acceptors (Lipinski definition) is 5. The molecule has 0 N–H and O–H groups in total. The van der Waals surface area contributed by atoms with Crippen molar-refractivity contribution in [2.75, 3.05) is 19.7 Å². The third-order valence-corrected chi connectivity index (χ3v) is 8.01. The minimum atomic E-state index is -4.61. The predicted octanol–water partition coefficient (Wildman–Crippen LogP) is 4.39. The molecule has 0 amide bonds. The van der Waals surface area contributed by atoms with Gasteiger partial charge in [-0.15, -0.1) is 10.2 Å². The Morgan fingerprint density at radius 1 is 1.18 bits per heavy atom. The van der Waals surface area contributed by atoms with Crippen molar-refractivity contribution in [3.8, 4) is 5.69 Å². The normalized spacial score (nSPS) is 19.9. The highest BCUT2D eigenvalue weighted by Gasteiger charge is 2.35. The van der Waals surface area contributed by atoms with Crippen molar-refractivity contribution < 1.29 is 17.9 Å². The molecule has 1 aromatic carbocycles. The summed E-state index contributed by atoms with van der Waals surface area (Å²) in [5.74, 6) is 1.23. The Hall–Kier alpha value is -3.44. The zero-order chi connectivity index (χ0) is 27.3. The van der Waals surface area contributed by atoms with Gasteiger partial charge >= 0.3 is 11.9 Å². The first kappa shape index (κ1) is 25.8. The highest BCUT2D eigenvalue weighted by atomic mass is 19.4. The van der Waals surface area contributed by atoms with Gasteiger partial charge in [0.2, 0.25) is 0 Å². The highest BCUT2D eigenvalue weighted by Crippen LogP contribution is 2.43. The third-order valence-electron chi connectivity index (χ3n) is 8.01. The summed E-state index contributed by atoms with van der Waals surface area (Å²) in [5, 5.41) is 8.41. The Labute approximate surface area is 223 Å². The summed E-state index contributed by atoms with van der Waals surface area (Å²) in [6.07, 6.45) is 3.18. The molecule has 11 heteroatoms. The SMILES string of the molecule is C[C@@H]1CN(Cc2cc(C(F)(F)F)c3cn(-c4cccc([C@H](c5nncn5C)C5CCC5)c4)c(=O)n3c2)CCO1. The van der Waals surface area contributed by atoms with Gasteiger partial charge in [0.15, 0.2) is 0 Å². The van der Waals surface area contributed by atoms with E-state index in [9.17, 15) is 18.0 Å². The summed E-state index contributed by atoms with van der Waals surface area (Å²) >= 11 is 0. The molecule has 8 nitrogen and oxygen atoms in total. The number of halogens is 3. The summed E-state index contributed by atoms with van der Waals surface area (Å²) in [6, 6.07) is 8.64. The molecule has 6 rings (SSSR count). The molecule has 2 aliphatic rings. The predicted molar refractivity (Wildman–Crippen MR) is 139 cm³/mol. The molecule has 0 bridgehead atoms. The second kappa shape index (κ2) is 9.95. The number of hydrogen-bond donors (Lipinski definition) is 0. The highest BCUT2D eigenvalue weighted by molar-refractivity contribution is 5.58. The molecule has 0 radical (unpaired) electrons. The molecular weight excluding hydrogens is 509 g/mol. The van der Waals surface area contributed by atoms with Crippen LogP contribution in [0.2, 0.25) is 0 Å². The van der Waals surface area contributed by atoms with Crippen LogP contribution in [-0.4, -0.2) is 54.4 Å². The molecule has 0 unspecified atom stereocenters. The average molecular weight is 541 g/mol. The van der Waals surface area contributed by atoms with Crippen LogP contribution in [0.5, 0.6) is 0 Å². The number of rotatable bonds is 6. The van der Waals surface area contributed by atoms with Crippen LogP contribution in [0.25, 0.3) is 11.2 Å². The standard InChI is InChI=1S/C28H31F3N6O2/c1-18-13-35(9-10-39-18)14-19-11-23(28(29,30)31)24-16-36(27(38)37(24)15-19)22-8-4-7-21(12-22)25(20-5-3-6-20)26-33-32-17-34(26)2/h4,7-8,11-12,15-18,20,25H,3,5-6,9-10,13-14H2,1-2H3/t18-,25-/m1/s1. The zero-order valence-corrected chi connectivity index (χ0v) is 21.9. The van der Waals surface area contributed by atoms with Gasteiger partial charge in [-0.05, 0) is 55.0 Å². The Balaban J connectivity index is 1.42. The summed E-state index contributed by atoms with van der Waals surface area (Å²) in [4.78, 5) is 15.6. The number of ether oxygens (including phenoxy) is 1. The van der Waals surface area contributed by atoms with E-state index in [0.717, 1.165) is 41.1 Å². The fourth-order valence-corrected chi connectivity index (χ4v) is 5.88. The Kier molecular flexibility index (Phi) is 6.58. The quantitative estimate of drug-likeness (QED) is 0.363. The maximum Gasteiger partial charge on any atom is 0.418 e. The Morgan fingerprint density at radius 2 is 2.00 bits per heavy atom. The first-order chi connectivity index (χ1) is 18.7. The fraction of sp³-hybridized carbons (Fsp3) is 0.464. The lowest BCUT2D eigenvalue weighted by Crippen LogP contribution is -2.40. The number of nitrogens with zero attached hydrogens (tertiary/aromatic N) is 6. The van der Waals surface area contributed by atoms with Crippen LogP contribution >= 0.6 is 0 Å². The van der Waals surface area contributed by atoms with Gasteiger partial charge in [0, 0.05) is 45.0 Å². The Bertz CT molecular complexity index is 1550. The van der Waals surface area contributed by atoms with E-state index in [1.807, 2.05) is 41.6 Å². The van der Waals surface area contributed by atoms with Crippen molar-refractivity contribution in [2.24, 2.45) is 13.0 Å². The van der Waals surface area contributed by atoms with E-state index in [4.69, 9.17) is 4.74 Å². The molecule has 4 aromatic rings. The van der Waals surface area contributed by atoms with E-state index in [1.165, 1.54) is 17.0 Å². The molecule has 1 saturated heterocycles. The van der Waals surface area contributed by atoms with Crippen LogP contribution in [0.4, 0.5) is 13.2 Å². The van der Waals surface area contributed by atoms with E-state index in [1.54, 1.807) is 12.4 Å². The first-order valence-corrected chi connectivity index (χ1v) is 13.3. The zero-order valence-electron chi connectivity index (χ0n) is 21.9. The molecule has 3 aromatic heterocycles. The molecule has 39 heavy (non-hydrogen) atoms. The maximum atomic E-state index is 14.2. The van der Waals surface area contributed by atoms with Crippen molar-refractivity contribution in [1.82, 2.24) is 28.6 Å². The molecule has 206 valence electrons. The van der Waals surface area contributed by atoms with Crippen LogP contribution in [-0.2, 0) is 24.5 Å². The lowest BCUT2D eigenvalue weighted by molar-refractivity contribution is -0.136. The first-order valence-electron chi connectivity index (χ1n) is 13.3. The van der Waals surface area contributed by atoms with E-state index in [0.29, 0.717) is 43.4 Å². The van der Waals surface area contributed by atoms with Gasteiger partial charge in [0.1, 0.15) is 12.2 Å². The number of aryl methyl sites for hydroxylation is 1. The Morgan fingerprint density at radius 3 is 2.67 bits per heavy atom. The number of morpholine rings is 1. The molecule has 2 fully saturated rings. The van der Waals surface area contributed by atoms with E-state index in [2.05, 4.69) is 10.2 Å². The van der Waals surface area contributed by atoms with Gasteiger partial charge in [0.25, 0.3) is 0 Å². The molecule has 1 aliphatic heterocycles.